The summed E-state index contributed by atoms with van der Waals surface area (Å²) in [5, 5.41) is 0. The number of carbonyl (C=O) groups is 2. The molecule has 0 aromatic heterocycles. The zero-order chi connectivity index (χ0) is 20.5. The van der Waals surface area contributed by atoms with Crippen LogP contribution in [-0.2, 0) is 23.6 Å². The van der Waals surface area contributed by atoms with Gasteiger partial charge in [0.2, 0.25) is 0 Å². The van der Waals surface area contributed by atoms with Crippen LogP contribution in [0.4, 0.5) is 0 Å². The second kappa shape index (κ2) is 8.48. The van der Waals surface area contributed by atoms with E-state index >= 15 is 0 Å². The van der Waals surface area contributed by atoms with Crippen LogP contribution in [-0.4, -0.2) is 49.1 Å². The van der Waals surface area contributed by atoms with Crippen LogP contribution < -0.4 is 0 Å². The zero-order valence-corrected chi connectivity index (χ0v) is 17.5. The van der Waals surface area contributed by atoms with Crippen LogP contribution >= 0.6 is 0 Å². The van der Waals surface area contributed by atoms with Crippen molar-refractivity contribution in [3.63, 3.8) is 0 Å². The van der Waals surface area contributed by atoms with Gasteiger partial charge in [0.15, 0.2) is 6.00 Å². The van der Waals surface area contributed by atoms with Crippen molar-refractivity contribution in [1.82, 2.24) is 4.90 Å². The van der Waals surface area contributed by atoms with Crippen LogP contribution in [0.5, 0.6) is 0 Å². The molecule has 6 rings (SSSR count). The van der Waals surface area contributed by atoms with Crippen molar-refractivity contribution in [3.05, 3.63) is 35.9 Å². The number of ether oxygens (including phenoxy) is 1. The summed E-state index contributed by atoms with van der Waals surface area (Å²) in [4.78, 5) is 26.9. The number of carbonyl (C=O) groups excluding carboxylic acids is 2. The molecule has 1 aromatic carbocycles. The molecule has 2 heterocycles. The highest BCUT2D eigenvalue weighted by Crippen LogP contribution is 2.50. The van der Waals surface area contributed by atoms with Gasteiger partial charge in [-0.3, -0.25) is 14.5 Å². The average Bonchev–Trinajstić information content (AvgIpc) is 3.48. The summed E-state index contributed by atoms with van der Waals surface area (Å²) in [6, 6.07) is 9.53. The van der Waals surface area contributed by atoms with Crippen LogP contribution in [0.25, 0.3) is 0 Å². The first-order valence-electron chi connectivity index (χ1n) is 10.9. The van der Waals surface area contributed by atoms with Gasteiger partial charge in [0.1, 0.15) is 6.10 Å². The number of nitrogens with zero attached hydrogens (tertiary/aromatic N) is 1. The fraction of sp³-hybridized carbons (Fsp3) is 0.636. The molecule has 156 valence electrons. The molecule has 5 fully saturated rings. The van der Waals surface area contributed by atoms with E-state index in [0.29, 0.717) is 5.92 Å². The molecular weight excluding hydrogens is 369 g/mol. The Morgan fingerprint density at radius 2 is 1.59 bits per heavy atom. The maximum atomic E-state index is 12.5. The first-order chi connectivity index (χ1) is 14.1. The Balaban J connectivity index is 0.000000994. The minimum absolute atomic E-state index is 0.142. The molecule has 2 aliphatic heterocycles. The lowest BCUT2D eigenvalue weighted by molar-refractivity contribution is -0.150. The van der Waals surface area contributed by atoms with E-state index in [9.17, 15) is 9.59 Å². The lowest BCUT2D eigenvalue weighted by Gasteiger charge is -2.53. The van der Waals surface area contributed by atoms with Gasteiger partial charge in [0, 0.05) is 6.04 Å². The van der Waals surface area contributed by atoms with Crippen molar-refractivity contribution in [2.75, 3.05) is 13.1 Å². The van der Waals surface area contributed by atoms with Gasteiger partial charge in [-0.05, 0) is 42.6 Å². The third kappa shape index (κ3) is 4.21. The quantitative estimate of drug-likeness (QED) is 0.575. The highest BCUT2D eigenvalue weighted by Gasteiger charge is 2.57. The van der Waals surface area contributed by atoms with Gasteiger partial charge in [0.25, 0.3) is 0 Å². The van der Waals surface area contributed by atoms with Crippen LogP contribution in [0.3, 0.4) is 0 Å². The number of hydrogen-bond donors (Lipinski definition) is 0. The highest BCUT2D eigenvalue weighted by atomic mass is 16.7. The van der Waals surface area contributed by atoms with E-state index in [0.717, 1.165) is 23.8 Å². The summed E-state index contributed by atoms with van der Waals surface area (Å²) >= 11 is 0. The molecule has 29 heavy (non-hydrogen) atoms. The van der Waals surface area contributed by atoms with Gasteiger partial charge in [-0.25, -0.2) is 0 Å². The van der Waals surface area contributed by atoms with Gasteiger partial charge in [-0.1, -0.05) is 51.1 Å². The number of benzene rings is 1. The molecule has 0 N–H and O–H groups in total. The Hall–Kier alpha value is -1.86. The van der Waals surface area contributed by atoms with E-state index in [2.05, 4.69) is 6.92 Å². The normalized spacial score (nSPS) is 36.4. The zero-order valence-electron chi connectivity index (χ0n) is 17.5. The van der Waals surface area contributed by atoms with E-state index < -0.39 is 13.1 Å². The number of fused-ring (bicyclic) bond motifs is 2. The molecule has 3 saturated carbocycles. The molecule has 2 saturated heterocycles. The summed E-state index contributed by atoms with van der Waals surface area (Å²) in [5.74, 6) is 1.28. The van der Waals surface area contributed by atoms with Crippen LogP contribution in [0.2, 0.25) is 0 Å². The van der Waals surface area contributed by atoms with Crippen LogP contribution in [0, 0.1) is 17.8 Å². The molecule has 3 aliphatic carbocycles. The average molecular weight is 399 g/mol. The van der Waals surface area contributed by atoms with Gasteiger partial charge in [0.05, 0.1) is 13.1 Å². The van der Waals surface area contributed by atoms with Crippen LogP contribution in [0.1, 0.15) is 51.7 Å². The molecule has 0 radical (unpaired) electrons. The summed E-state index contributed by atoms with van der Waals surface area (Å²) in [7, 11) is -0.963. The van der Waals surface area contributed by atoms with Gasteiger partial charge < -0.3 is 14.0 Å². The number of hydrogen-bond acceptors (Lipinski definition) is 6. The topological polar surface area (TPSA) is 68.4 Å². The number of epoxide rings is 1. The van der Waals surface area contributed by atoms with Crippen molar-refractivity contribution in [1.29, 1.82) is 0 Å². The summed E-state index contributed by atoms with van der Waals surface area (Å²) in [5.41, 5.74) is 0.994. The predicted octanol–water partition coefficient (Wildman–Crippen LogP) is 3.02. The van der Waals surface area contributed by atoms with E-state index in [1.54, 1.807) is 0 Å². The van der Waals surface area contributed by atoms with Gasteiger partial charge in [-0.2, -0.15) is 0 Å². The first-order valence-corrected chi connectivity index (χ1v) is 10.9. The Labute approximate surface area is 173 Å². The van der Waals surface area contributed by atoms with Crippen molar-refractivity contribution < 1.29 is 23.6 Å². The molecule has 6 nitrogen and oxygen atoms in total. The van der Waals surface area contributed by atoms with E-state index in [1.165, 1.54) is 12.8 Å². The van der Waals surface area contributed by atoms with Gasteiger partial charge in [-0.15, -0.1) is 0 Å². The maximum Gasteiger partial charge on any atom is 0.632 e. The van der Waals surface area contributed by atoms with Crippen molar-refractivity contribution in [3.8, 4) is 0 Å². The fourth-order valence-electron chi connectivity index (χ4n) is 5.12. The van der Waals surface area contributed by atoms with Crippen molar-refractivity contribution in [2.45, 2.75) is 58.2 Å². The molecular formula is C22H30BNO5. The molecule has 4 atom stereocenters. The third-order valence-electron chi connectivity index (χ3n) is 6.75. The minimum Gasteiger partial charge on any atom is -0.496 e. The largest absolute Gasteiger partial charge is 0.632 e. The molecule has 0 spiro atoms. The lowest BCUT2D eigenvalue weighted by atomic mass is 9.58. The van der Waals surface area contributed by atoms with Crippen molar-refractivity contribution >= 4 is 19.1 Å². The van der Waals surface area contributed by atoms with Crippen LogP contribution in [0.15, 0.2) is 30.3 Å². The Morgan fingerprint density at radius 1 is 0.966 bits per heavy atom. The lowest BCUT2D eigenvalue weighted by Crippen LogP contribution is -2.56. The number of rotatable bonds is 3. The smallest absolute Gasteiger partial charge is 0.496 e. The van der Waals surface area contributed by atoms with E-state index in [1.807, 2.05) is 49.1 Å². The van der Waals surface area contributed by atoms with Crippen molar-refractivity contribution in [2.24, 2.45) is 17.8 Å². The molecule has 5 aliphatic rings. The van der Waals surface area contributed by atoms with E-state index in [-0.39, 0.29) is 37.2 Å². The minimum atomic E-state index is -0.963. The third-order valence-corrected chi connectivity index (χ3v) is 6.75. The van der Waals surface area contributed by atoms with Gasteiger partial charge >= 0.3 is 19.1 Å². The molecule has 0 unspecified atom stereocenters. The summed E-state index contributed by atoms with van der Waals surface area (Å²) in [6.07, 6.45) is 3.45. The second-order valence-electron chi connectivity index (χ2n) is 8.44. The van der Waals surface area contributed by atoms with E-state index in [4.69, 9.17) is 14.0 Å². The summed E-state index contributed by atoms with van der Waals surface area (Å²) in [6.45, 7) is 6.52. The highest BCUT2D eigenvalue weighted by molar-refractivity contribution is 6.51. The maximum absolute atomic E-state index is 12.5. The standard InChI is InChI=1S/C20H24BNO5.C2H6/c1-12-15-7-13(8-15)9-16(12)22-10-17(23)26-21(27-18(24)11-22)20-19(25-20)14-5-3-2-4-6-14;1-2/h2-6,12-13,15-16,19-20H,7-11H2,1H3;1-2H3/t12-,13?,15?,16-,19+,20-;/m1./s1. The Bertz CT molecular complexity index is 718. The predicted molar refractivity (Wildman–Crippen MR) is 109 cm³/mol. The molecule has 1 aromatic rings. The Morgan fingerprint density at radius 3 is 2.17 bits per heavy atom. The Kier molecular flexibility index (Phi) is 5.97. The molecule has 2 bridgehead atoms. The molecule has 7 heteroatoms. The summed E-state index contributed by atoms with van der Waals surface area (Å²) < 4.78 is 16.6. The monoisotopic (exact) mass is 399 g/mol. The molecule has 0 amide bonds. The SMILES string of the molecule is CC.C[C@@H]1C2CC(C2)C[C@H]1N1CC(=O)OB([C@@H]2O[C@H]2c2ccccc2)OC(=O)C1. The first kappa shape index (κ1) is 20.4. The fourth-order valence-corrected chi connectivity index (χ4v) is 5.12. The second-order valence-corrected chi connectivity index (χ2v) is 8.44.